The molecule has 0 spiro atoms. The average Bonchev–Trinajstić information content (AvgIpc) is 2.38. The molecule has 0 radical (unpaired) electrons. The zero-order valence-electron chi connectivity index (χ0n) is 9.43. The highest BCUT2D eigenvalue weighted by Gasteiger charge is 2.46. The van der Waals surface area contributed by atoms with Crippen LogP contribution in [-0.2, 0) is 0 Å². The van der Waals surface area contributed by atoms with E-state index in [1.54, 1.807) is 12.1 Å². The summed E-state index contributed by atoms with van der Waals surface area (Å²) in [6.45, 7) is 0.0447. The van der Waals surface area contributed by atoms with E-state index in [9.17, 15) is 20.1 Å². The maximum atomic E-state index is 12.3. The van der Waals surface area contributed by atoms with Gasteiger partial charge in [0.05, 0.1) is 12.1 Å². The quantitative estimate of drug-likeness (QED) is 0.599. The second-order valence-electron chi connectivity index (χ2n) is 4.51. The van der Waals surface area contributed by atoms with Crippen LogP contribution in [0.15, 0.2) is 29.2 Å². The van der Waals surface area contributed by atoms with Crippen molar-refractivity contribution in [3.05, 3.63) is 29.8 Å². The van der Waals surface area contributed by atoms with E-state index < -0.39 is 23.7 Å². The largest absolute Gasteiger partial charge is 0.388 e. The van der Waals surface area contributed by atoms with Gasteiger partial charge in [0.1, 0.15) is 23.7 Å². The Hall–Kier alpha value is -1.08. The summed E-state index contributed by atoms with van der Waals surface area (Å²) in [5.41, 5.74) is 0.578. The Balaban J connectivity index is 2.01. The van der Waals surface area contributed by atoms with Gasteiger partial charge in [0, 0.05) is 4.90 Å². The van der Waals surface area contributed by atoms with Crippen molar-refractivity contribution in [2.24, 2.45) is 0 Å². The minimum atomic E-state index is -1.21. The number of fused-ring (bicyclic) bond motifs is 2. The molecule has 0 unspecified atom stereocenters. The van der Waals surface area contributed by atoms with E-state index in [0.29, 0.717) is 5.56 Å². The number of piperidine rings is 1. The van der Waals surface area contributed by atoms with Crippen LogP contribution in [-0.4, -0.2) is 56.4 Å². The number of hydrogen-bond donors (Lipinski definition) is 3. The zero-order valence-corrected chi connectivity index (χ0v) is 10.2. The van der Waals surface area contributed by atoms with Crippen molar-refractivity contribution in [3.63, 3.8) is 0 Å². The van der Waals surface area contributed by atoms with Crippen molar-refractivity contribution in [3.8, 4) is 0 Å². The van der Waals surface area contributed by atoms with Crippen LogP contribution in [0.5, 0.6) is 0 Å². The number of carbonyl (C=O) groups excluding carboxylic acids is 1. The molecule has 3 rings (SSSR count). The summed E-state index contributed by atoms with van der Waals surface area (Å²) >= 11 is 1.34. The Kier molecular flexibility index (Phi) is 2.82. The molecule has 2 heterocycles. The predicted octanol–water partition coefficient (Wildman–Crippen LogP) is -0.343. The number of carbonyl (C=O) groups is 1. The molecule has 18 heavy (non-hydrogen) atoms. The Morgan fingerprint density at radius 3 is 2.67 bits per heavy atom. The summed E-state index contributed by atoms with van der Waals surface area (Å²) < 4.78 is 0. The molecule has 1 aromatic carbocycles. The number of amides is 1. The second-order valence-corrected chi connectivity index (χ2v) is 5.67. The number of thioether (sulfide) groups is 1. The molecule has 2 aliphatic heterocycles. The Bertz CT molecular complexity index is 495. The molecule has 6 heteroatoms. The van der Waals surface area contributed by atoms with Crippen molar-refractivity contribution in [1.29, 1.82) is 0 Å². The molecule has 1 fully saturated rings. The molecular formula is C12H13NO4S. The molecule has 0 saturated carbocycles. The van der Waals surface area contributed by atoms with Crippen LogP contribution in [0.2, 0.25) is 0 Å². The molecule has 1 aromatic rings. The molecule has 0 bridgehead atoms. The van der Waals surface area contributed by atoms with Gasteiger partial charge in [-0.3, -0.25) is 4.79 Å². The molecule has 0 aliphatic carbocycles. The van der Waals surface area contributed by atoms with Gasteiger partial charge >= 0.3 is 0 Å². The third-order valence-electron chi connectivity index (χ3n) is 3.35. The Morgan fingerprint density at radius 2 is 1.89 bits per heavy atom. The van der Waals surface area contributed by atoms with Gasteiger partial charge in [-0.15, -0.1) is 0 Å². The standard InChI is InChI=1S/C12H13NO4S/c14-7-5-13-11(17)6-3-1-2-4-8(6)18-12(13)10(16)9(7)15/h1-4,7,9-10,12,14-16H,5H2/t7-,9+,10+,12+/m1/s1. The highest BCUT2D eigenvalue weighted by atomic mass is 32.2. The number of aliphatic hydroxyl groups is 3. The molecule has 1 saturated heterocycles. The normalized spacial score (nSPS) is 35.1. The van der Waals surface area contributed by atoms with Crippen LogP contribution in [0.4, 0.5) is 0 Å². The summed E-state index contributed by atoms with van der Waals surface area (Å²) in [6, 6.07) is 7.16. The summed E-state index contributed by atoms with van der Waals surface area (Å²) in [5.74, 6) is -0.209. The average molecular weight is 267 g/mol. The van der Waals surface area contributed by atoms with Gasteiger partial charge in [-0.25, -0.2) is 0 Å². The van der Waals surface area contributed by atoms with Gasteiger partial charge in [0.2, 0.25) is 0 Å². The number of nitrogens with zero attached hydrogens (tertiary/aromatic N) is 1. The molecule has 5 nitrogen and oxygen atoms in total. The van der Waals surface area contributed by atoms with E-state index in [-0.39, 0.29) is 12.5 Å². The Morgan fingerprint density at radius 1 is 1.17 bits per heavy atom. The van der Waals surface area contributed by atoms with E-state index in [2.05, 4.69) is 0 Å². The van der Waals surface area contributed by atoms with Crippen LogP contribution in [0.1, 0.15) is 10.4 Å². The number of benzene rings is 1. The van der Waals surface area contributed by atoms with Crippen molar-refractivity contribution in [2.45, 2.75) is 28.6 Å². The monoisotopic (exact) mass is 267 g/mol. The fraction of sp³-hybridized carbons (Fsp3) is 0.417. The molecular weight excluding hydrogens is 254 g/mol. The Labute approximate surface area is 108 Å². The van der Waals surface area contributed by atoms with Gasteiger partial charge in [0.25, 0.3) is 5.91 Å². The van der Waals surface area contributed by atoms with Crippen molar-refractivity contribution in [2.75, 3.05) is 6.54 Å². The molecule has 4 atom stereocenters. The summed E-state index contributed by atoms with van der Waals surface area (Å²) in [6.07, 6.45) is -3.46. The van der Waals surface area contributed by atoms with E-state index in [4.69, 9.17) is 0 Å². The maximum absolute atomic E-state index is 12.3. The predicted molar refractivity (Wildman–Crippen MR) is 65.1 cm³/mol. The highest BCUT2D eigenvalue weighted by Crippen LogP contribution is 2.39. The summed E-state index contributed by atoms with van der Waals surface area (Å²) in [7, 11) is 0. The van der Waals surface area contributed by atoms with Gasteiger partial charge < -0.3 is 20.2 Å². The smallest absolute Gasteiger partial charge is 0.256 e. The van der Waals surface area contributed by atoms with Gasteiger partial charge in [-0.2, -0.15) is 0 Å². The van der Waals surface area contributed by atoms with Crippen LogP contribution in [0.25, 0.3) is 0 Å². The minimum Gasteiger partial charge on any atom is -0.388 e. The SMILES string of the molecule is O=C1c2ccccc2S[C@H]2[C@@H](O)[C@@H](O)[C@H](O)CN12. The topological polar surface area (TPSA) is 81.0 Å². The number of hydrogen-bond acceptors (Lipinski definition) is 5. The molecule has 0 aromatic heterocycles. The van der Waals surface area contributed by atoms with Gasteiger partial charge in [0.15, 0.2) is 0 Å². The molecule has 2 aliphatic rings. The van der Waals surface area contributed by atoms with Crippen molar-refractivity contribution < 1.29 is 20.1 Å². The second kappa shape index (κ2) is 4.24. The van der Waals surface area contributed by atoms with Crippen LogP contribution in [0.3, 0.4) is 0 Å². The first-order valence-corrected chi connectivity index (χ1v) is 6.58. The first kappa shape index (κ1) is 12.0. The lowest BCUT2D eigenvalue weighted by Crippen LogP contribution is -2.62. The number of aliphatic hydroxyl groups excluding tert-OH is 3. The van der Waals surface area contributed by atoms with E-state index in [1.165, 1.54) is 16.7 Å². The zero-order chi connectivity index (χ0) is 12.9. The third-order valence-corrected chi connectivity index (χ3v) is 4.74. The molecule has 1 amide bonds. The lowest BCUT2D eigenvalue weighted by molar-refractivity contribution is -0.109. The van der Waals surface area contributed by atoms with E-state index >= 15 is 0 Å². The van der Waals surface area contributed by atoms with Crippen molar-refractivity contribution >= 4 is 17.7 Å². The minimum absolute atomic E-state index is 0.0447. The van der Waals surface area contributed by atoms with E-state index in [0.717, 1.165) is 4.90 Å². The maximum Gasteiger partial charge on any atom is 0.256 e. The van der Waals surface area contributed by atoms with Crippen LogP contribution >= 0.6 is 11.8 Å². The fourth-order valence-electron chi connectivity index (χ4n) is 2.36. The number of rotatable bonds is 0. The van der Waals surface area contributed by atoms with Gasteiger partial charge in [-0.1, -0.05) is 23.9 Å². The lowest BCUT2D eigenvalue weighted by Gasteiger charge is -2.45. The van der Waals surface area contributed by atoms with Gasteiger partial charge in [-0.05, 0) is 12.1 Å². The molecule has 3 N–H and O–H groups in total. The summed E-state index contributed by atoms with van der Waals surface area (Å²) in [5, 5.41) is 28.7. The first-order valence-electron chi connectivity index (χ1n) is 5.70. The molecule has 96 valence electrons. The lowest BCUT2D eigenvalue weighted by atomic mass is 10.0. The highest BCUT2D eigenvalue weighted by molar-refractivity contribution is 8.00. The van der Waals surface area contributed by atoms with Crippen LogP contribution in [0, 0.1) is 0 Å². The summed E-state index contributed by atoms with van der Waals surface area (Å²) in [4.78, 5) is 14.5. The van der Waals surface area contributed by atoms with E-state index in [1.807, 2.05) is 12.1 Å². The third kappa shape index (κ3) is 1.65. The van der Waals surface area contributed by atoms with Crippen LogP contribution < -0.4 is 0 Å². The van der Waals surface area contributed by atoms with Crippen molar-refractivity contribution in [1.82, 2.24) is 4.90 Å². The first-order chi connectivity index (χ1) is 8.59. The fourth-order valence-corrected chi connectivity index (χ4v) is 3.67.